The summed E-state index contributed by atoms with van der Waals surface area (Å²) in [4.78, 5) is 23.5. The number of imidazole rings is 1. The summed E-state index contributed by atoms with van der Waals surface area (Å²) >= 11 is 0. The first kappa shape index (κ1) is 17.7. The third-order valence-corrected chi connectivity index (χ3v) is 5.76. The van der Waals surface area contributed by atoms with Gasteiger partial charge in [0.2, 0.25) is 0 Å². The molecule has 0 spiro atoms. The molecule has 0 radical (unpaired) electrons. The van der Waals surface area contributed by atoms with Crippen LogP contribution in [0, 0.1) is 6.92 Å². The van der Waals surface area contributed by atoms with Gasteiger partial charge in [-0.3, -0.25) is 9.89 Å². The number of para-hydroxylation sites is 1. The first-order valence-electron chi connectivity index (χ1n) is 10.0. The Morgan fingerprint density at radius 3 is 2.83 bits per heavy atom. The molecule has 29 heavy (non-hydrogen) atoms. The minimum atomic E-state index is 0.0228. The van der Waals surface area contributed by atoms with Gasteiger partial charge in [-0.05, 0) is 31.4 Å². The zero-order valence-electron chi connectivity index (χ0n) is 16.4. The van der Waals surface area contributed by atoms with E-state index in [9.17, 15) is 4.79 Å². The first-order valence-corrected chi connectivity index (χ1v) is 10.0. The highest BCUT2D eigenvalue weighted by Crippen LogP contribution is 2.30. The lowest BCUT2D eigenvalue weighted by molar-refractivity contribution is 0.0706. The zero-order valence-corrected chi connectivity index (χ0v) is 16.4. The van der Waals surface area contributed by atoms with E-state index < -0.39 is 0 Å². The fourth-order valence-corrected chi connectivity index (χ4v) is 4.22. The second-order valence-electron chi connectivity index (χ2n) is 7.71. The molecule has 2 N–H and O–H groups in total. The summed E-state index contributed by atoms with van der Waals surface area (Å²) in [7, 11) is 0. The van der Waals surface area contributed by atoms with Crippen molar-refractivity contribution in [1.82, 2.24) is 25.1 Å². The Bertz CT molecular complexity index is 1160. The van der Waals surface area contributed by atoms with Crippen molar-refractivity contribution < 1.29 is 4.79 Å². The molecule has 2 aromatic heterocycles. The fraction of sp³-hybridized carbons (Fsp3) is 0.261. The van der Waals surface area contributed by atoms with E-state index in [1.54, 1.807) is 6.20 Å². The smallest absolute Gasteiger partial charge is 0.257 e. The molecule has 0 aliphatic carbocycles. The summed E-state index contributed by atoms with van der Waals surface area (Å²) < 4.78 is 0. The van der Waals surface area contributed by atoms with E-state index >= 15 is 0 Å². The van der Waals surface area contributed by atoms with Crippen molar-refractivity contribution in [3.63, 3.8) is 0 Å². The number of aromatic amines is 2. The summed E-state index contributed by atoms with van der Waals surface area (Å²) in [6, 6.07) is 16.0. The normalized spacial score (nSPS) is 17.0. The van der Waals surface area contributed by atoms with Crippen molar-refractivity contribution in [3.05, 3.63) is 71.7 Å². The van der Waals surface area contributed by atoms with E-state index in [0.717, 1.165) is 47.5 Å². The Kier molecular flexibility index (Phi) is 4.39. The van der Waals surface area contributed by atoms with Crippen molar-refractivity contribution >= 4 is 16.9 Å². The number of hydrogen-bond donors (Lipinski definition) is 2. The largest absolute Gasteiger partial charge is 0.342 e. The van der Waals surface area contributed by atoms with Gasteiger partial charge in [0.15, 0.2) is 0 Å². The molecule has 1 saturated heterocycles. The molecule has 6 nitrogen and oxygen atoms in total. The van der Waals surface area contributed by atoms with E-state index in [-0.39, 0.29) is 11.8 Å². The summed E-state index contributed by atoms with van der Waals surface area (Å²) in [5.74, 6) is 1.21. The second-order valence-corrected chi connectivity index (χ2v) is 7.71. The van der Waals surface area contributed by atoms with E-state index in [4.69, 9.17) is 4.98 Å². The Hall–Kier alpha value is -3.41. The van der Waals surface area contributed by atoms with Gasteiger partial charge >= 0.3 is 0 Å². The number of H-pyrrole nitrogens is 2. The van der Waals surface area contributed by atoms with Crippen LogP contribution in [0.1, 0.15) is 40.5 Å². The average molecular weight is 385 g/mol. The maximum Gasteiger partial charge on any atom is 0.257 e. The monoisotopic (exact) mass is 385 g/mol. The van der Waals surface area contributed by atoms with E-state index in [1.807, 2.05) is 41.3 Å². The van der Waals surface area contributed by atoms with Gasteiger partial charge in [0, 0.05) is 24.6 Å². The van der Waals surface area contributed by atoms with E-state index in [0.29, 0.717) is 12.1 Å². The number of carbonyl (C=O) groups is 1. The van der Waals surface area contributed by atoms with Crippen LogP contribution in [0.3, 0.4) is 0 Å². The number of rotatable bonds is 3. The van der Waals surface area contributed by atoms with Crippen molar-refractivity contribution in [3.8, 4) is 11.3 Å². The first-order chi connectivity index (χ1) is 14.2. The highest BCUT2D eigenvalue weighted by Gasteiger charge is 2.29. The lowest BCUT2D eigenvalue weighted by Crippen LogP contribution is -2.39. The fourth-order valence-electron chi connectivity index (χ4n) is 4.22. The Morgan fingerprint density at radius 2 is 2.00 bits per heavy atom. The second kappa shape index (κ2) is 7.20. The lowest BCUT2D eigenvalue weighted by atomic mass is 9.96. The van der Waals surface area contributed by atoms with Gasteiger partial charge in [-0.2, -0.15) is 5.10 Å². The number of amides is 1. The standard InChI is InChI=1S/C23H23N5O/c1-15-7-5-11-19-20(15)26-22(25-19)17-10-6-12-28(14-17)23(29)18-13-24-27-21(18)16-8-3-2-4-9-16/h2-5,7-9,11,13,17H,6,10,12,14H2,1H3,(H,24,27)(H,25,26)/t17-/m0/s1. The van der Waals surface area contributed by atoms with Gasteiger partial charge in [0.1, 0.15) is 5.82 Å². The number of aryl methyl sites for hydroxylation is 1. The van der Waals surface area contributed by atoms with Gasteiger partial charge in [-0.25, -0.2) is 4.98 Å². The molecule has 1 fully saturated rings. The van der Waals surface area contributed by atoms with Crippen LogP contribution in [0.25, 0.3) is 22.3 Å². The molecular weight excluding hydrogens is 362 g/mol. The average Bonchev–Trinajstić information content (AvgIpc) is 3.42. The van der Waals surface area contributed by atoms with Crippen LogP contribution in [0.2, 0.25) is 0 Å². The van der Waals surface area contributed by atoms with E-state index in [1.165, 1.54) is 5.56 Å². The molecule has 1 amide bonds. The van der Waals surface area contributed by atoms with Crippen molar-refractivity contribution in [2.24, 2.45) is 0 Å². The number of fused-ring (bicyclic) bond motifs is 1. The highest BCUT2D eigenvalue weighted by atomic mass is 16.2. The molecule has 1 atom stereocenters. The van der Waals surface area contributed by atoms with Crippen molar-refractivity contribution in [2.75, 3.05) is 13.1 Å². The molecule has 5 rings (SSSR count). The molecule has 0 bridgehead atoms. The maximum absolute atomic E-state index is 13.3. The summed E-state index contributed by atoms with van der Waals surface area (Å²) in [5.41, 5.74) is 5.61. The summed E-state index contributed by atoms with van der Waals surface area (Å²) in [6.07, 6.45) is 3.63. The van der Waals surface area contributed by atoms with Crippen LogP contribution in [0.4, 0.5) is 0 Å². The highest BCUT2D eigenvalue weighted by molar-refractivity contribution is 5.99. The van der Waals surface area contributed by atoms with Gasteiger partial charge in [-0.1, -0.05) is 42.5 Å². The van der Waals surface area contributed by atoms with Crippen LogP contribution in [-0.2, 0) is 0 Å². The number of nitrogens with zero attached hydrogens (tertiary/aromatic N) is 3. The molecule has 6 heteroatoms. The Balaban J connectivity index is 1.40. The van der Waals surface area contributed by atoms with Gasteiger partial charge in [0.25, 0.3) is 5.91 Å². The van der Waals surface area contributed by atoms with Crippen LogP contribution in [-0.4, -0.2) is 44.1 Å². The molecule has 3 heterocycles. The van der Waals surface area contributed by atoms with Gasteiger partial charge in [0.05, 0.1) is 28.5 Å². The number of likely N-dealkylation sites (tertiary alicyclic amines) is 1. The lowest BCUT2D eigenvalue weighted by Gasteiger charge is -2.31. The van der Waals surface area contributed by atoms with E-state index in [2.05, 4.69) is 34.2 Å². The topological polar surface area (TPSA) is 77.7 Å². The van der Waals surface area contributed by atoms with Gasteiger partial charge < -0.3 is 9.88 Å². The number of carbonyl (C=O) groups excluding carboxylic acids is 1. The third-order valence-electron chi connectivity index (χ3n) is 5.76. The molecule has 1 aliphatic rings. The summed E-state index contributed by atoms with van der Waals surface area (Å²) in [5, 5.41) is 7.13. The molecule has 146 valence electrons. The predicted octanol–water partition coefficient (Wildman–Crippen LogP) is 4.28. The van der Waals surface area contributed by atoms with Crippen molar-refractivity contribution in [2.45, 2.75) is 25.7 Å². The molecule has 4 aromatic rings. The zero-order chi connectivity index (χ0) is 19.8. The molecular formula is C23H23N5O. The Morgan fingerprint density at radius 1 is 1.14 bits per heavy atom. The number of nitrogens with one attached hydrogen (secondary N) is 2. The maximum atomic E-state index is 13.3. The number of piperidine rings is 1. The SMILES string of the molecule is Cc1cccc2[nH]c([C@H]3CCCN(C(=O)c4cn[nH]c4-c4ccccc4)C3)nc12. The van der Waals surface area contributed by atoms with Crippen LogP contribution >= 0.6 is 0 Å². The number of benzene rings is 2. The van der Waals surface area contributed by atoms with Gasteiger partial charge in [-0.15, -0.1) is 0 Å². The third kappa shape index (κ3) is 3.20. The molecule has 0 unspecified atom stereocenters. The predicted molar refractivity (Wildman–Crippen MR) is 113 cm³/mol. The minimum Gasteiger partial charge on any atom is -0.342 e. The van der Waals surface area contributed by atoms with Crippen molar-refractivity contribution in [1.29, 1.82) is 0 Å². The van der Waals surface area contributed by atoms with Crippen LogP contribution in [0.15, 0.2) is 54.7 Å². The molecule has 0 saturated carbocycles. The Labute approximate surface area is 169 Å². The number of hydrogen-bond acceptors (Lipinski definition) is 3. The summed E-state index contributed by atoms with van der Waals surface area (Å²) in [6.45, 7) is 3.50. The molecule has 2 aromatic carbocycles. The molecule has 1 aliphatic heterocycles. The number of aromatic nitrogens is 4. The quantitative estimate of drug-likeness (QED) is 0.552. The minimum absolute atomic E-state index is 0.0228. The van der Waals surface area contributed by atoms with Crippen LogP contribution < -0.4 is 0 Å². The van der Waals surface area contributed by atoms with Crippen LogP contribution in [0.5, 0.6) is 0 Å².